The average molecular weight is 521 g/mol. The molecular weight excluding hydrogens is 499 g/mol. The molecule has 0 aliphatic carbocycles. The van der Waals surface area contributed by atoms with Crippen LogP contribution in [0.25, 0.3) is 0 Å². The third-order valence-electron chi connectivity index (χ3n) is 5.02. The number of ether oxygens (including phenoxy) is 3. The van der Waals surface area contributed by atoms with Gasteiger partial charge in [-0.05, 0) is 48.5 Å². The highest BCUT2D eigenvalue weighted by molar-refractivity contribution is 7.92. The van der Waals surface area contributed by atoms with Crippen LogP contribution in [-0.2, 0) is 14.8 Å². The van der Waals surface area contributed by atoms with E-state index in [9.17, 15) is 17.6 Å². The standard InChI is InChI=1S/C24H22ClFN2O6S/c25-20-3-1-2-4-21(20)32-12-11-27-24(29)16-28(18-7-5-17(26)6-8-18)35(30,31)19-9-10-22-23(15-19)34-14-13-33-22/h1-10,15H,11-14,16H2,(H,27,29). The van der Waals surface area contributed by atoms with Gasteiger partial charge in [0.15, 0.2) is 11.5 Å². The van der Waals surface area contributed by atoms with Crippen LogP contribution in [0.5, 0.6) is 17.2 Å². The zero-order chi connectivity index (χ0) is 24.8. The summed E-state index contributed by atoms with van der Waals surface area (Å²) in [6.07, 6.45) is 0. The number of carbonyl (C=O) groups excluding carboxylic acids is 1. The number of amides is 1. The lowest BCUT2D eigenvalue weighted by Gasteiger charge is -2.25. The molecule has 0 aromatic heterocycles. The molecule has 184 valence electrons. The number of benzene rings is 3. The van der Waals surface area contributed by atoms with E-state index in [-0.39, 0.29) is 36.1 Å². The zero-order valence-corrected chi connectivity index (χ0v) is 20.0. The smallest absolute Gasteiger partial charge is 0.264 e. The van der Waals surface area contributed by atoms with Gasteiger partial charge < -0.3 is 19.5 Å². The Labute approximate surface area is 207 Å². The van der Waals surface area contributed by atoms with Crippen LogP contribution in [-0.4, -0.2) is 47.2 Å². The SMILES string of the molecule is O=C(CN(c1ccc(F)cc1)S(=O)(=O)c1ccc2c(c1)OCCO2)NCCOc1ccccc1Cl. The molecule has 0 fully saturated rings. The average Bonchev–Trinajstić information content (AvgIpc) is 2.86. The lowest BCUT2D eigenvalue weighted by molar-refractivity contribution is -0.119. The van der Waals surface area contributed by atoms with E-state index in [0.717, 1.165) is 16.4 Å². The van der Waals surface area contributed by atoms with E-state index in [1.54, 1.807) is 24.3 Å². The number of para-hydroxylation sites is 1. The minimum atomic E-state index is -4.21. The molecule has 1 N–H and O–H groups in total. The quantitative estimate of drug-likeness (QED) is 0.433. The minimum absolute atomic E-state index is 0.0964. The Morgan fingerprint density at radius 2 is 1.74 bits per heavy atom. The lowest BCUT2D eigenvalue weighted by atomic mass is 10.3. The van der Waals surface area contributed by atoms with Crippen LogP contribution in [0.3, 0.4) is 0 Å². The van der Waals surface area contributed by atoms with Crippen molar-refractivity contribution in [3.05, 3.63) is 77.6 Å². The highest BCUT2D eigenvalue weighted by atomic mass is 35.5. The molecule has 1 aliphatic rings. The fourth-order valence-electron chi connectivity index (χ4n) is 3.33. The van der Waals surface area contributed by atoms with Gasteiger partial charge in [0.25, 0.3) is 10.0 Å². The first-order valence-electron chi connectivity index (χ1n) is 10.7. The number of carbonyl (C=O) groups is 1. The predicted octanol–water partition coefficient (Wildman–Crippen LogP) is 3.64. The van der Waals surface area contributed by atoms with Crippen molar-refractivity contribution >= 4 is 33.2 Å². The first kappa shape index (κ1) is 24.6. The van der Waals surface area contributed by atoms with Gasteiger partial charge >= 0.3 is 0 Å². The number of anilines is 1. The Morgan fingerprint density at radius 3 is 2.49 bits per heavy atom. The van der Waals surface area contributed by atoms with Gasteiger partial charge in [-0.15, -0.1) is 0 Å². The number of nitrogens with one attached hydrogen (secondary N) is 1. The number of fused-ring (bicyclic) bond motifs is 1. The molecule has 0 spiro atoms. The molecule has 0 saturated carbocycles. The van der Waals surface area contributed by atoms with Crippen molar-refractivity contribution in [2.75, 3.05) is 37.2 Å². The summed E-state index contributed by atoms with van der Waals surface area (Å²) >= 11 is 6.04. The second-order valence-corrected chi connectivity index (χ2v) is 9.69. The number of nitrogens with zero attached hydrogens (tertiary/aromatic N) is 1. The summed E-state index contributed by atoms with van der Waals surface area (Å²) in [6, 6.07) is 15.9. The molecule has 0 atom stereocenters. The molecule has 35 heavy (non-hydrogen) atoms. The molecule has 4 rings (SSSR count). The van der Waals surface area contributed by atoms with Crippen molar-refractivity contribution in [1.29, 1.82) is 0 Å². The molecule has 1 aliphatic heterocycles. The second-order valence-electron chi connectivity index (χ2n) is 7.42. The summed E-state index contributed by atoms with van der Waals surface area (Å²) in [6.45, 7) is 0.360. The van der Waals surface area contributed by atoms with Crippen molar-refractivity contribution in [3.63, 3.8) is 0 Å². The maximum Gasteiger partial charge on any atom is 0.264 e. The number of sulfonamides is 1. The van der Waals surface area contributed by atoms with E-state index < -0.39 is 28.3 Å². The number of hydrogen-bond acceptors (Lipinski definition) is 6. The Kier molecular flexibility index (Phi) is 7.62. The normalized spacial score (nSPS) is 12.6. The molecule has 11 heteroatoms. The molecule has 8 nitrogen and oxygen atoms in total. The molecule has 3 aromatic rings. The number of rotatable bonds is 9. The van der Waals surface area contributed by atoms with E-state index in [0.29, 0.717) is 23.1 Å². The monoisotopic (exact) mass is 520 g/mol. The van der Waals surface area contributed by atoms with Crippen LogP contribution in [0.4, 0.5) is 10.1 Å². The molecule has 0 bridgehead atoms. The molecule has 0 radical (unpaired) electrons. The minimum Gasteiger partial charge on any atom is -0.490 e. The summed E-state index contributed by atoms with van der Waals surface area (Å²) in [5.74, 6) is 0.0830. The zero-order valence-electron chi connectivity index (χ0n) is 18.4. The van der Waals surface area contributed by atoms with Gasteiger partial charge in [-0.25, -0.2) is 12.8 Å². The summed E-state index contributed by atoms with van der Waals surface area (Å²) in [5.41, 5.74) is 0.128. The van der Waals surface area contributed by atoms with Crippen molar-refractivity contribution in [2.45, 2.75) is 4.90 Å². The summed E-state index contributed by atoms with van der Waals surface area (Å²) < 4.78 is 57.9. The van der Waals surface area contributed by atoms with E-state index in [4.69, 9.17) is 25.8 Å². The van der Waals surface area contributed by atoms with Gasteiger partial charge in [-0.2, -0.15) is 0 Å². The fraction of sp³-hybridized carbons (Fsp3) is 0.208. The first-order valence-corrected chi connectivity index (χ1v) is 12.5. The number of hydrogen-bond donors (Lipinski definition) is 1. The van der Waals surface area contributed by atoms with Crippen LogP contribution in [0, 0.1) is 5.82 Å². The van der Waals surface area contributed by atoms with Crippen LogP contribution < -0.4 is 23.8 Å². The molecular formula is C24H22ClFN2O6S. The van der Waals surface area contributed by atoms with Gasteiger partial charge in [-0.1, -0.05) is 23.7 Å². The second kappa shape index (κ2) is 10.8. The lowest BCUT2D eigenvalue weighted by Crippen LogP contribution is -2.42. The Hall–Kier alpha value is -3.50. The largest absolute Gasteiger partial charge is 0.490 e. The van der Waals surface area contributed by atoms with Crippen molar-refractivity contribution in [3.8, 4) is 17.2 Å². The van der Waals surface area contributed by atoms with Gasteiger partial charge in [0, 0.05) is 6.07 Å². The molecule has 3 aromatic carbocycles. The summed E-state index contributed by atoms with van der Waals surface area (Å²) in [4.78, 5) is 12.6. The van der Waals surface area contributed by atoms with Gasteiger partial charge in [0.05, 0.1) is 22.2 Å². The predicted molar refractivity (Wildman–Crippen MR) is 128 cm³/mol. The van der Waals surface area contributed by atoms with E-state index >= 15 is 0 Å². The molecule has 0 unspecified atom stereocenters. The molecule has 1 heterocycles. The Morgan fingerprint density at radius 1 is 1.03 bits per heavy atom. The third kappa shape index (κ3) is 5.95. The third-order valence-corrected chi connectivity index (χ3v) is 7.10. The highest BCUT2D eigenvalue weighted by Gasteiger charge is 2.29. The maximum atomic E-state index is 13.5. The van der Waals surface area contributed by atoms with E-state index in [2.05, 4.69) is 5.32 Å². The molecule has 1 amide bonds. The van der Waals surface area contributed by atoms with E-state index in [1.165, 1.54) is 30.3 Å². The molecule has 0 saturated heterocycles. The van der Waals surface area contributed by atoms with Crippen LogP contribution >= 0.6 is 11.6 Å². The van der Waals surface area contributed by atoms with Gasteiger partial charge in [0.2, 0.25) is 5.91 Å². The number of halogens is 2. The topological polar surface area (TPSA) is 94.2 Å². The van der Waals surface area contributed by atoms with Crippen LogP contribution in [0.15, 0.2) is 71.6 Å². The van der Waals surface area contributed by atoms with Gasteiger partial charge in [0.1, 0.15) is 37.9 Å². The highest BCUT2D eigenvalue weighted by Crippen LogP contribution is 2.34. The van der Waals surface area contributed by atoms with Crippen molar-refractivity contribution < 1.29 is 31.8 Å². The van der Waals surface area contributed by atoms with Crippen LogP contribution in [0.2, 0.25) is 5.02 Å². The van der Waals surface area contributed by atoms with Gasteiger partial charge in [-0.3, -0.25) is 9.10 Å². The van der Waals surface area contributed by atoms with E-state index in [1.807, 2.05) is 0 Å². The Balaban J connectivity index is 1.49. The maximum absolute atomic E-state index is 13.5. The van der Waals surface area contributed by atoms with Crippen molar-refractivity contribution in [1.82, 2.24) is 5.32 Å². The summed E-state index contributed by atoms with van der Waals surface area (Å²) in [7, 11) is -4.21. The van der Waals surface area contributed by atoms with Crippen molar-refractivity contribution in [2.24, 2.45) is 0 Å². The fourth-order valence-corrected chi connectivity index (χ4v) is 4.96. The first-order chi connectivity index (χ1) is 16.8. The van der Waals surface area contributed by atoms with Crippen LogP contribution in [0.1, 0.15) is 0 Å². The Bertz CT molecular complexity index is 1300. The summed E-state index contributed by atoms with van der Waals surface area (Å²) in [5, 5.41) is 3.06.